The van der Waals surface area contributed by atoms with Crippen molar-refractivity contribution in [3.8, 4) is 11.7 Å². The summed E-state index contributed by atoms with van der Waals surface area (Å²) in [6.07, 6.45) is 4.07. The second kappa shape index (κ2) is 6.16. The van der Waals surface area contributed by atoms with E-state index in [1.54, 1.807) is 10.9 Å². The Labute approximate surface area is 145 Å². The number of anilines is 1. The number of aromatic nitrogens is 4. The minimum absolute atomic E-state index is 0.156. The van der Waals surface area contributed by atoms with E-state index in [0.29, 0.717) is 30.0 Å². The number of rotatable bonds is 5. The normalized spacial score (nSPS) is 13.8. The van der Waals surface area contributed by atoms with Crippen molar-refractivity contribution in [2.24, 2.45) is 0 Å². The summed E-state index contributed by atoms with van der Waals surface area (Å²) in [4.78, 5) is 20.2. The van der Waals surface area contributed by atoms with E-state index in [1.165, 1.54) is 6.92 Å². The van der Waals surface area contributed by atoms with Gasteiger partial charge in [0, 0.05) is 36.6 Å². The molecule has 1 amide bonds. The molecule has 25 heavy (non-hydrogen) atoms. The number of ether oxygens (including phenoxy) is 1. The van der Waals surface area contributed by atoms with Gasteiger partial charge in [0.1, 0.15) is 5.82 Å². The third kappa shape index (κ3) is 3.05. The Hall–Kier alpha value is -2.96. The van der Waals surface area contributed by atoms with Crippen LogP contribution in [-0.4, -0.2) is 32.3 Å². The molecule has 0 aromatic carbocycles. The highest BCUT2D eigenvalue weighted by atomic mass is 16.5. The van der Waals surface area contributed by atoms with Crippen molar-refractivity contribution in [3.63, 3.8) is 0 Å². The van der Waals surface area contributed by atoms with Gasteiger partial charge in [-0.15, -0.1) is 0 Å². The Morgan fingerprint density at radius 1 is 1.40 bits per heavy atom. The van der Waals surface area contributed by atoms with Gasteiger partial charge >= 0.3 is 0 Å². The van der Waals surface area contributed by atoms with Crippen molar-refractivity contribution in [1.82, 2.24) is 19.7 Å². The van der Waals surface area contributed by atoms with Crippen LogP contribution in [0.2, 0.25) is 0 Å². The molecule has 7 nitrogen and oxygen atoms in total. The Morgan fingerprint density at radius 3 is 2.96 bits per heavy atom. The molecule has 1 N–H and O–H groups in total. The lowest BCUT2D eigenvalue weighted by Gasteiger charge is -2.07. The number of hydrogen-bond donors (Lipinski definition) is 1. The molecule has 128 valence electrons. The number of pyridine rings is 2. The molecule has 3 heterocycles. The van der Waals surface area contributed by atoms with Crippen LogP contribution in [0, 0.1) is 0 Å². The first-order valence-electron chi connectivity index (χ1n) is 8.42. The molecule has 0 radical (unpaired) electrons. The quantitative estimate of drug-likeness (QED) is 0.774. The first-order chi connectivity index (χ1) is 12.2. The zero-order chi connectivity index (χ0) is 17.4. The average molecular weight is 337 g/mol. The van der Waals surface area contributed by atoms with Crippen LogP contribution in [0.25, 0.3) is 16.7 Å². The van der Waals surface area contributed by atoms with Gasteiger partial charge in [-0.2, -0.15) is 10.1 Å². The van der Waals surface area contributed by atoms with Crippen LogP contribution in [0.15, 0.2) is 30.5 Å². The zero-order valence-electron chi connectivity index (χ0n) is 14.2. The van der Waals surface area contributed by atoms with Gasteiger partial charge in [-0.05, 0) is 25.8 Å². The number of carbonyl (C=O) groups excluding carboxylic acids is 1. The lowest BCUT2D eigenvalue weighted by Crippen LogP contribution is -2.07. The summed E-state index contributed by atoms with van der Waals surface area (Å²) in [6, 6.07) is 7.45. The van der Waals surface area contributed by atoms with Crippen molar-refractivity contribution < 1.29 is 9.53 Å². The van der Waals surface area contributed by atoms with Crippen LogP contribution < -0.4 is 10.1 Å². The Kier molecular flexibility index (Phi) is 3.83. The number of carbonyl (C=O) groups is 1. The van der Waals surface area contributed by atoms with Gasteiger partial charge in [0.25, 0.3) is 0 Å². The smallest absolute Gasteiger partial charge is 0.222 e. The maximum atomic E-state index is 11.3. The molecule has 1 aliphatic rings. The maximum absolute atomic E-state index is 11.3. The molecule has 0 unspecified atom stereocenters. The fourth-order valence-electron chi connectivity index (χ4n) is 2.86. The van der Waals surface area contributed by atoms with Crippen molar-refractivity contribution in [2.45, 2.75) is 32.6 Å². The van der Waals surface area contributed by atoms with Crippen molar-refractivity contribution >= 4 is 22.6 Å². The fourth-order valence-corrected chi connectivity index (χ4v) is 2.86. The molecule has 0 atom stereocenters. The third-order valence-electron chi connectivity index (χ3n) is 4.08. The molecule has 1 saturated carbocycles. The lowest BCUT2D eigenvalue weighted by atomic mass is 10.2. The standard InChI is InChI=1S/C18H19N5O2/c1-3-25-17-6-4-5-16(21-17)23-14-9-15(20-11(2)24)19-10-13(14)18(22-23)12-7-8-12/h4-6,9-10,12H,3,7-8H2,1-2H3,(H,19,20,24). The van der Waals surface area contributed by atoms with E-state index in [0.717, 1.165) is 29.4 Å². The summed E-state index contributed by atoms with van der Waals surface area (Å²) in [6.45, 7) is 3.94. The second-order valence-corrected chi connectivity index (χ2v) is 6.11. The van der Waals surface area contributed by atoms with E-state index in [4.69, 9.17) is 9.84 Å². The predicted octanol–water partition coefficient (Wildman–Crippen LogP) is 3.05. The van der Waals surface area contributed by atoms with Crippen LogP contribution in [0.3, 0.4) is 0 Å². The largest absolute Gasteiger partial charge is 0.478 e. The molecule has 1 aliphatic carbocycles. The molecule has 0 bridgehead atoms. The molecule has 3 aromatic heterocycles. The first-order valence-corrected chi connectivity index (χ1v) is 8.42. The van der Waals surface area contributed by atoms with Crippen molar-refractivity contribution in [1.29, 1.82) is 0 Å². The van der Waals surface area contributed by atoms with Crippen LogP contribution in [0.5, 0.6) is 5.88 Å². The summed E-state index contributed by atoms with van der Waals surface area (Å²) < 4.78 is 7.31. The lowest BCUT2D eigenvalue weighted by molar-refractivity contribution is -0.114. The molecule has 4 rings (SSSR count). The molecule has 0 saturated heterocycles. The molecular formula is C18H19N5O2. The summed E-state index contributed by atoms with van der Waals surface area (Å²) >= 11 is 0. The van der Waals surface area contributed by atoms with Crippen LogP contribution in [-0.2, 0) is 4.79 Å². The monoisotopic (exact) mass is 337 g/mol. The number of nitrogens with zero attached hydrogens (tertiary/aromatic N) is 4. The Morgan fingerprint density at radius 2 is 2.24 bits per heavy atom. The van der Waals surface area contributed by atoms with E-state index in [1.807, 2.05) is 31.2 Å². The molecule has 0 aliphatic heterocycles. The van der Waals surface area contributed by atoms with Gasteiger partial charge in [-0.3, -0.25) is 4.79 Å². The van der Waals surface area contributed by atoms with Crippen molar-refractivity contribution in [3.05, 3.63) is 36.2 Å². The summed E-state index contributed by atoms with van der Waals surface area (Å²) in [5.41, 5.74) is 1.92. The summed E-state index contributed by atoms with van der Waals surface area (Å²) in [5, 5.41) is 8.51. The minimum atomic E-state index is -0.156. The molecule has 3 aromatic rings. The van der Waals surface area contributed by atoms with E-state index in [-0.39, 0.29) is 5.91 Å². The van der Waals surface area contributed by atoms with E-state index < -0.39 is 0 Å². The van der Waals surface area contributed by atoms with Crippen LogP contribution in [0.4, 0.5) is 5.82 Å². The zero-order valence-corrected chi connectivity index (χ0v) is 14.2. The van der Waals surface area contributed by atoms with Gasteiger partial charge in [-0.1, -0.05) is 6.07 Å². The highest BCUT2D eigenvalue weighted by Crippen LogP contribution is 2.42. The van der Waals surface area contributed by atoms with Crippen LogP contribution in [0.1, 0.15) is 38.3 Å². The summed E-state index contributed by atoms with van der Waals surface area (Å²) in [5.74, 6) is 2.07. The molecule has 0 spiro atoms. The van der Waals surface area contributed by atoms with Gasteiger partial charge in [0.2, 0.25) is 11.8 Å². The molecule has 7 heteroatoms. The number of fused-ring (bicyclic) bond motifs is 1. The third-order valence-corrected chi connectivity index (χ3v) is 4.08. The topological polar surface area (TPSA) is 81.9 Å². The van der Waals surface area contributed by atoms with Gasteiger partial charge < -0.3 is 10.1 Å². The first kappa shape index (κ1) is 15.6. The van der Waals surface area contributed by atoms with E-state index >= 15 is 0 Å². The fraction of sp³-hybridized carbons (Fsp3) is 0.333. The minimum Gasteiger partial charge on any atom is -0.478 e. The van der Waals surface area contributed by atoms with Crippen LogP contribution >= 0.6 is 0 Å². The second-order valence-electron chi connectivity index (χ2n) is 6.11. The maximum Gasteiger partial charge on any atom is 0.222 e. The summed E-state index contributed by atoms with van der Waals surface area (Å²) in [7, 11) is 0. The van der Waals surface area contributed by atoms with Crippen molar-refractivity contribution in [2.75, 3.05) is 11.9 Å². The average Bonchev–Trinajstić information content (AvgIpc) is 3.36. The van der Waals surface area contributed by atoms with E-state index in [9.17, 15) is 4.79 Å². The highest BCUT2D eigenvalue weighted by Gasteiger charge is 2.29. The molecular weight excluding hydrogens is 318 g/mol. The van der Waals surface area contributed by atoms with Gasteiger partial charge in [-0.25, -0.2) is 9.67 Å². The predicted molar refractivity (Wildman–Crippen MR) is 94.1 cm³/mol. The molecule has 1 fully saturated rings. The number of nitrogens with one attached hydrogen (secondary N) is 1. The van der Waals surface area contributed by atoms with Gasteiger partial charge in [0.05, 0.1) is 17.8 Å². The number of amides is 1. The Balaban J connectivity index is 1.86. The van der Waals surface area contributed by atoms with Gasteiger partial charge in [0.15, 0.2) is 5.82 Å². The highest BCUT2D eigenvalue weighted by molar-refractivity contribution is 5.91. The SMILES string of the molecule is CCOc1cccc(-n2nc(C3CC3)c3cnc(NC(C)=O)cc32)n1. The number of hydrogen-bond acceptors (Lipinski definition) is 5. The van der Waals surface area contributed by atoms with E-state index in [2.05, 4.69) is 15.3 Å². The Bertz CT molecular complexity index is 946.